The molecular weight excluding hydrogens is 254 g/mol. The second-order valence-corrected chi connectivity index (χ2v) is 4.85. The van der Waals surface area contributed by atoms with Gasteiger partial charge in [0.2, 0.25) is 6.79 Å². The molecule has 0 bridgehead atoms. The van der Waals surface area contributed by atoms with Gasteiger partial charge in [-0.25, -0.2) is 4.98 Å². The Bertz CT molecular complexity index is 595. The van der Waals surface area contributed by atoms with E-state index in [4.69, 9.17) is 9.47 Å². The van der Waals surface area contributed by atoms with E-state index in [1.807, 2.05) is 25.4 Å². The van der Waals surface area contributed by atoms with Crippen LogP contribution in [0.15, 0.2) is 30.6 Å². The van der Waals surface area contributed by atoms with E-state index < -0.39 is 0 Å². The second kappa shape index (κ2) is 5.54. The van der Waals surface area contributed by atoms with Gasteiger partial charge in [0.25, 0.3) is 0 Å². The van der Waals surface area contributed by atoms with Crippen molar-refractivity contribution in [2.75, 3.05) is 13.3 Å². The number of hydrogen-bond acceptors (Lipinski definition) is 4. The number of likely N-dealkylation sites (N-methyl/N-ethyl adjacent to an activating group) is 1. The number of hydrogen-bond donors (Lipinski definition) is 1. The van der Waals surface area contributed by atoms with Crippen molar-refractivity contribution in [1.29, 1.82) is 0 Å². The Balaban J connectivity index is 1.84. The van der Waals surface area contributed by atoms with Gasteiger partial charge in [-0.1, -0.05) is 13.0 Å². The molecule has 5 heteroatoms. The summed E-state index contributed by atoms with van der Waals surface area (Å²) in [5.74, 6) is 2.67. The second-order valence-electron chi connectivity index (χ2n) is 4.85. The number of rotatable bonds is 5. The molecule has 0 amide bonds. The molecule has 1 aromatic heterocycles. The van der Waals surface area contributed by atoms with Crippen LogP contribution in [0.3, 0.4) is 0 Å². The van der Waals surface area contributed by atoms with E-state index in [1.54, 1.807) is 0 Å². The fourth-order valence-electron chi connectivity index (χ4n) is 2.46. The molecule has 2 aromatic rings. The molecule has 1 unspecified atom stereocenters. The lowest BCUT2D eigenvalue weighted by Crippen LogP contribution is -2.25. The third-order valence-corrected chi connectivity index (χ3v) is 3.55. The van der Waals surface area contributed by atoms with Crippen molar-refractivity contribution in [2.24, 2.45) is 0 Å². The minimum absolute atomic E-state index is 0.224. The Labute approximate surface area is 118 Å². The number of ether oxygens (including phenoxy) is 2. The van der Waals surface area contributed by atoms with Crippen molar-refractivity contribution >= 4 is 0 Å². The predicted octanol–water partition coefficient (Wildman–Crippen LogP) is 2.27. The van der Waals surface area contributed by atoms with Crippen molar-refractivity contribution in [3.05, 3.63) is 42.0 Å². The highest BCUT2D eigenvalue weighted by atomic mass is 16.7. The molecule has 5 nitrogen and oxygen atoms in total. The smallest absolute Gasteiger partial charge is 0.231 e. The number of aryl methyl sites for hydroxylation is 1. The molecule has 1 aromatic carbocycles. The number of benzene rings is 1. The number of nitrogens with one attached hydrogen (secondary N) is 1. The van der Waals surface area contributed by atoms with Crippen molar-refractivity contribution in [3.63, 3.8) is 0 Å². The molecule has 1 aliphatic heterocycles. The third kappa shape index (κ3) is 2.49. The van der Waals surface area contributed by atoms with Crippen LogP contribution in [0.5, 0.6) is 11.5 Å². The molecule has 0 spiro atoms. The number of nitrogens with zero attached hydrogens (tertiary/aromatic N) is 2. The molecule has 2 heterocycles. The molecule has 3 rings (SSSR count). The van der Waals surface area contributed by atoms with Crippen LogP contribution in [-0.4, -0.2) is 22.9 Å². The number of imidazole rings is 1. The van der Waals surface area contributed by atoms with Gasteiger partial charge < -0.3 is 19.4 Å². The lowest BCUT2D eigenvalue weighted by molar-refractivity contribution is 0.174. The summed E-state index contributed by atoms with van der Waals surface area (Å²) in [6, 6.07) is 6.35. The first kappa shape index (κ1) is 13.0. The van der Waals surface area contributed by atoms with Crippen molar-refractivity contribution in [3.8, 4) is 11.5 Å². The van der Waals surface area contributed by atoms with E-state index in [-0.39, 0.29) is 6.04 Å². The minimum Gasteiger partial charge on any atom is -0.454 e. The average Bonchev–Trinajstić information content (AvgIpc) is 3.06. The third-order valence-electron chi connectivity index (χ3n) is 3.55. The molecule has 0 aliphatic carbocycles. The normalized spacial score (nSPS) is 14.5. The van der Waals surface area contributed by atoms with Crippen LogP contribution in [0.2, 0.25) is 0 Å². The van der Waals surface area contributed by atoms with Crippen LogP contribution >= 0.6 is 0 Å². The maximum atomic E-state index is 5.46. The lowest BCUT2D eigenvalue weighted by atomic mass is 10.1. The molecule has 0 radical (unpaired) electrons. The number of fused-ring (bicyclic) bond motifs is 1. The van der Waals surface area contributed by atoms with E-state index in [9.17, 15) is 0 Å². The van der Waals surface area contributed by atoms with Gasteiger partial charge >= 0.3 is 0 Å². The summed E-state index contributed by atoms with van der Waals surface area (Å²) in [5, 5.41) is 3.51. The van der Waals surface area contributed by atoms with E-state index in [0.29, 0.717) is 6.79 Å². The molecular formula is C15H19N3O2. The Hall–Kier alpha value is -2.01. The molecule has 0 fully saturated rings. The summed E-state index contributed by atoms with van der Waals surface area (Å²) in [4.78, 5) is 4.27. The summed E-state index contributed by atoms with van der Waals surface area (Å²) >= 11 is 0. The standard InChI is InChI=1S/C15H19N3O2/c1-3-16-13(9-18-7-6-17-11(18)2)12-4-5-14-15(8-12)20-10-19-14/h4-8,13,16H,3,9-10H2,1-2H3. The highest BCUT2D eigenvalue weighted by molar-refractivity contribution is 5.45. The summed E-state index contributed by atoms with van der Waals surface area (Å²) in [7, 11) is 0. The minimum atomic E-state index is 0.224. The van der Waals surface area contributed by atoms with Crippen LogP contribution in [0.1, 0.15) is 24.4 Å². The highest BCUT2D eigenvalue weighted by Gasteiger charge is 2.18. The van der Waals surface area contributed by atoms with Crippen molar-refractivity contribution in [2.45, 2.75) is 26.4 Å². The molecule has 106 valence electrons. The first-order valence-electron chi connectivity index (χ1n) is 6.88. The molecule has 1 N–H and O–H groups in total. The van der Waals surface area contributed by atoms with Gasteiger partial charge in [0, 0.05) is 18.9 Å². The first-order chi connectivity index (χ1) is 9.78. The van der Waals surface area contributed by atoms with Gasteiger partial charge in [0.15, 0.2) is 11.5 Å². The first-order valence-corrected chi connectivity index (χ1v) is 6.88. The Kier molecular flexibility index (Phi) is 3.60. The fraction of sp³-hybridized carbons (Fsp3) is 0.400. The molecule has 1 aliphatic rings. The lowest BCUT2D eigenvalue weighted by Gasteiger charge is -2.20. The summed E-state index contributed by atoms with van der Waals surface area (Å²) in [6.45, 7) is 6.20. The molecule has 1 atom stereocenters. The van der Waals surface area contributed by atoms with Crippen LogP contribution in [-0.2, 0) is 6.54 Å². The highest BCUT2D eigenvalue weighted by Crippen LogP contribution is 2.34. The zero-order chi connectivity index (χ0) is 13.9. The maximum absolute atomic E-state index is 5.46. The van der Waals surface area contributed by atoms with Gasteiger partial charge in [-0.3, -0.25) is 0 Å². The zero-order valence-corrected chi connectivity index (χ0v) is 11.8. The maximum Gasteiger partial charge on any atom is 0.231 e. The summed E-state index contributed by atoms with van der Waals surface area (Å²) < 4.78 is 13.0. The number of aromatic nitrogens is 2. The van der Waals surface area contributed by atoms with Crippen LogP contribution in [0.25, 0.3) is 0 Å². The van der Waals surface area contributed by atoms with E-state index >= 15 is 0 Å². The van der Waals surface area contributed by atoms with Gasteiger partial charge in [0.05, 0.1) is 6.04 Å². The average molecular weight is 273 g/mol. The van der Waals surface area contributed by atoms with E-state index in [2.05, 4.69) is 33.9 Å². The Morgan fingerprint density at radius 3 is 2.95 bits per heavy atom. The zero-order valence-electron chi connectivity index (χ0n) is 11.8. The monoisotopic (exact) mass is 273 g/mol. The van der Waals surface area contributed by atoms with Gasteiger partial charge in [0.1, 0.15) is 5.82 Å². The van der Waals surface area contributed by atoms with Gasteiger partial charge in [-0.05, 0) is 31.2 Å². The largest absolute Gasteiger partial charge is 0.454 e. The predicted molar refractivity (Wildman–Crippen MR) is 75.9 cm³/mol. The van der Waals surface area contributed by atoms with Crippen LogP contribution in [0, 0.1) is 6.92 Å². The molecule has 0 saturated carbocycles. The SMILES string of the molecule is CCNC(Cn1ccnc1C)c1ccc2c(c1)OCO2. The van der Waals surface area contributed by atoms with Crippen LogP contribution in [0.4, 0.5) is 0 Å². The van der Waals surface area contributed by atoms with E-state index in [0.717, 1.165) is 30.4 Å². The van der Waals surface area contributed by atoms with E-state index in [1.165, 1.54) is 5.56 Å². The van der Waals surface area contributed by atoms with Crippen LogP contribution < -0.4 is 14.8 Å². The van der Waals surface area contributed by atoms with Crippen molar-refractivity contribution in [1.82, 2.24) is 14.9 Å². The Morgan fingerprint density at radius 2 is 2.20 bits per heavy atom. The Morgan fingerprint density at radius 1 is 1.35 bits per heavy atom. The summed E-state index contributed by atoms with van der Waals surface area (Å²) in [6.07, 6.45) is 3.84. The quantitative estimate of drug-likeness (QED) is 0.908. The fourth-order valence-corrected chi connectivity index (χ4v) is 2.46. The summed E-state index contributed by atoms with van der Waals surface area (Å²) in [5.41, 5.74) is 1.20. The molecule has 20 heavy (non-hydrogen) atoms. The van der Waals surface area contributed by atoms with Crippen molar-refractivity contribution < 1.29 is 9.47 Å². The topological polar surface area (TPSA) is 48.3 Å². The van der Waals surface area contributed by atoms with Gasteiger partial charge in [-0.2, -0.15) is 0 Å². The van der Waals surface area contributed by atoms with Gasteiger partial charge in [-0.15, -0.1) is 0 Å². The molecule has 0 saturated heterocycles.